The highest BCUT2D eigenvalue weighted by molar-refractivity contribution is 8.18. The van der Waals surface area contributed by atoms with E-state index in [-0.39, 0.29) is 29.3 Å². The molecule has 0 aromatic heterocycles. The van der Waals surface area contributed by atoms with Crippen molar-refractivity contribution in [2.45, 2.75) is 26.2 Å². The van der Waals surface area contributed by atoms with Gasteiger partial charge in [0.25, 0.3) is 11.1 Å². The molecule has 3 amide bonds. The SMILES string of the molecule is CCCCCS(=O)(=O)CC(=O)NCCN1C(=O)S/C(=C\c2ccccc2F)C1=O. The lowest BCUT2D eigenvalue weighted by atomic mass is 10.2. The fourth-order valence-electron chi connectivity index (χ4n) is 2.63. The Hall–Kier alpha value is -2.20. The van der Waals surface area contributed by atoms with Gasteiger partial charge >= 0.3 is 0 Å². The number of thioether (sulfide) groups is 1. The van der Waals surface area contributed by atoms with Crippen LogP contribution in [0.1, 0.15) is 31.7 Å². The molecule has 0 aliphatic carbocycles. The van der Waals surface area contributed by atoms with E-state index in [2.05, 4.69) is 5.32 Å². The molecule has 158 valence electrons. The van der Waals surface area contributed by atoms with Crippen LogP contribution in [0.5, 0.6) is 0 Å². The zero-order chi connectivity index (χ0) is 21.4. The molecule has 0 atom stereocenters. The number of hydrogen-bond acceptors (Lipinski definition) is 6. The van der Waals surface area contributed by atoms with Gasteiger partial charge in [0, 0.05) is 18.7 Å². The van der Waals surface area contributed by atoms with Crippen LogP contribution in [-0.4, -0.2) is 55.0 Å². The number of nitrogens with one attached hydrogen (secondary N) is 1. The molecule has 7 nitrogen and oxygen atoms in total. The molecule has 0 bridgehead atoms. The Labute approximate surface area is 173 Å². The molecule has 1 N–H and O–H groups in total. The molecular formula is C19H23FN2O5S2. The van der Waals surface area contributed by atoms with Crippen molar-refractivity contribution in [3.8, 4) is 0 Å². The number of carbonyl (C=O) groups excluding carboxylic acids is 3. The lowest BCUT2D eigenvalue weighted by molar-refractivity contribution is -0.123. The fourth-order valence-corrected chi connectivity index (χ4v) is 4.77. The maximum Gasteiger partial charge on any atom is 0.293 e. The van der Waals surface area contributed by atoms with Crippen molar-refractivity contribution < 1.29 is 27.2 Å². The summed E-state index contributed by atoms with van der Waals surface area (Å²) in [5.41, 5.74) is 0.194. The van der Waals surface area contributed by atoms with Crippen molar-refractivity contribution in [2.75, 3.05) is 24.6 Å². The molecule has 29 heavy (non-hydrogen) atoms. The minimum Gasteiger partial charge on any atom is -0.353 e. The van der Waals surface area contributed by atoms with Gasteiger partial charge in [0.05, 0.1) is 10.7 Å². The second-order valence-corrected chi connectivity index (χ2v) is 9.68. The maximum absolute atomic E-state index is 13.7. The van der Waals surface area contributed by atoms with Crippen molar-refractivity contribution in [3.63, 3.8) is 0 Å². The first kappa shape index (κ1) is 23.1. The molecule has 0 spiro atoms. The zero-order valence-electron chi connectivity index (χ0n) is 16.0. The van der Waals surface area contributed by atoms with Crippen molar-refractivity contribution in [3.05, 3.63) is 40.6 Å². The van der Waals surface area contributed by atoms with E-state index in [1.807, 2.05) is 6.92 Å². The van der Waals surface area contributed by atoms with Gasteiger partial charge in [0.1, 0.15) is 11.6 Å². The largest absolute Gasteiger partial charge is 0.353 e. The van der Waals surface area contributed by atoms with E-state index >= 15 is 0 Å². The Balaban J connectivity index is 1.86. The lowest BCUT2D eigenvalue weighted by Crippen LogP contribution is -2.39. The van der Waals surface area contributed by atoms with Gasteiger partial charge in [-0.15, -0.1) is 0 Å². The van der Waals surface area contributed by atoms with E-state index in [0.29, 0.717) is 18.2 Å². The van der Waals surface area contributed by atoms with Crippen LogP contribution in [0.25, 0.3) is 6.08 Å². The summed E-state index contributed by atoms with van der Waals surface area (Å²) in [7, 11) is -3.48. The third-order valence-electron chi connectivity index (χ3n) is 4.13. The predicted molar refractivity (Wildman–Crippen MR) is 110 cm³/mol. The maximum atomic E-state index is 13.7. The quantitative estimate of drug-likeness (QED) is 0.442. The van der Waals surface area contributed by atoms with Gasteiger partial charge < -0.3 is 5.32 Å². The molecule has 0 radical (unpaired) electrons. The molecule has 1 heterocycles. The van der Waals surface area contributed by atoms with Gasteiger partial charge in [0.2, 0.25) is 5.91 Å². The van der Waals surface area contributed by atoms with E-state index < -0.39 is 38.5 Å². The zero-order valence-corrected chi connectivity index (χ0v) is 17.7. The average Bonchev–Trinajstić information content (AvgIpc) is 2.90. The Morgan fingerprint density at radius 3 is 2.66 bits per heavy atom. The predicted octanol–water partition coefficient (Wildman–Crippen LogP) is 2.58. The Bertz CT molecular complexity index is 915. The molecule has 1 fully saturated rings. The smallest absolute Gasteiger partial charge is 0.293 e. The second kappa shape index (κ2) is 10.5. The third kappa shape index (κ3) is 6.97. The van der Waals surface area contributed by atoms with Crippen molar-refractivity contribution in [2.24, 2.45) is 0 Å². The minimum atomic E-state index is -3.48. The average molecular weight is 443 g/mol. The summed E-state index contributed by atoms with van der Waals surface area (Å²) in [5.74, 6) is -2.42. The molecule has 1 aliphatic heterocycles. The van der Waals surface area contributed by atoms with Gasteiger partial charge in [0.15, 0.2) is 9.84 Å². The number of sulfone groups is 1. The highest BCUT2D eigenvalue weighted by Crippen LogP contribution is 2.32. The Kier molecular flexibility index (Phi) is 8.39. The highest BCUT2D eigenvalue weighted by Gasteiger charge is 2.34. The van der Waals surface area contributed by atoms with Crippen LogP contribution < -0.4 is 5.32 Å². The van der Waals surface area contributed by atoms with Gasteiger partial charge in [-0.25, -0.2) is 12.8 Å². The van der Waals surface area contributed by atoms with E-state index in [4.69, 9.17) is 0 Å². The summed E-state index contributed by atoms with van der Waals surface area (Å²) in [5, 5.41) is 1.89. The molecule has 1 aliphatic rings. The minimum absolute atomic E-state index is 0.0435. The molecule has 10 heteroatoms. The van der Waals surface area contributed by atoms with Gasteiger partial charge in [-0.3, -0.25) is 19.3 Å². The third-order valence-corrected chi connectivity index (χ3v) is 6.65. The van der Waals surface area contributed by atoms with Gasteiger partial charge in [-0.2, -0.15) is 0 Å². The number of nitrogens with zero attached hydrogens (tertiary/aromatic N) is 1. The van der Waals surface area contributed by atoms with Crippen LogP contribution in [0.4, 0.5) is 9.18 Å². The summed E-state index contributed by atoms with van der Waals surface area (Å²) in [6.45, 7) is 1.80. The van der Waals surface area contributed by atoms with E-state index in [1.54, 1.807) is 6.07 Å². The number of amides is 3. The van der Waals surface area contributed by atoms with E-state index in [9.17, 15) is 27.2 Å². The summed E-state index contributed by atoms with van der Waals surface area (Å²) in [4.78, 5) is 37.3. The number of rotatable bonds is 10. The number of imide groups is 1. The van der Waals surface area contributed by atoms with Crippen LogP contribution in [0.2, 0.25) is 0 Å². The van der Waals surface area contributed by atoms with Crippen LogP contribution >= 0.6 is 11.8 Å². The standard InChI is InChI=1S/C19H23FN2O5S2/c1-2-3-6-11-29(26,27)13-17(23)21-9-10-22-18(24)16(28-19(22)25)12-14-7-4-5-8-15(14)20/h4-5,7-8,12H,2-3,6,9-11,13H2,1H3,(H,21,23)/b16-12-. The molecule has 0 saturated carbocycles. The van der Waals surface area contributed by atoms with Crippen molar-refractivity contribution >= 4 is 44.7 Å². The topological polar surface area (TPSA) is 101 Å². The first-order chi connectivity index (χ1) is 13.7. The number of carbonyl (C=O) groups is 3. The van der Waals surface area contributed by atoms with Crippen LogP contribution in [0, 0.1) is 5.82 Å². The monoisotopic (exact) mass is 442 g/mol. The number of benzene rings is 1. The van der Waals surface area contributed by atoms with Crippen LogP contribution in [0.15, 0.2) is 29.2 Å². The van der Waals surface area contributed by atoms with Gasteiger partial charge in [-0.1, -0.05) is 38.0 Å². The van der Waals surface area contributed by atoms with Crippen molar-refractivity contribution in [1.82, 2.24) is 10.2 Å². The molecule has 1 aromatic carbocycles. The Morgan fingerprint density at radius 2 is 1.97 bits per heavy atom. The molecular weight excluding hydrogens is 419 g/mol. The first-order valence-electron chi connectivity index (χ1n) is 9.20. The normalized spacial score (nSPS) is 15.9. The summed E-state index contributed by atoms with van der Waals surface area (Å²) < 4.78 is 37.5. The molecule has 0 unspecified atom stereocenters. The highest BCUT2D eigenvalue weighted by atomic mass is 32.2. The number of unbranched alkanes of at least 4 members (excludes halogenated alkanes) is 2. The van der Waals surface area contributed by atoms with Crippen molar-refractivity contribution in [1.29, 1.82) is 0 Å². The van der Waals surface area contributed by atoms with Crippen LogP contribution in [0.3, 0.4) is 0 Å². The fraction of sp³-hybridized carbons (Fsp3) is 0.421. The molecule has 2 rings (SSSR count). The Morgan fingerprint density at radius 1 is 1.24 bits per heavy atom. The number of halogens is 1. The summed E-state index contributed by atoms with van der Waals surface area (Å²) >= 11 is 0.689. The van der Waals surface area contributed by atoms with Crippen LogP contribution in [-0.2, 0) is 19.4 Å². The molecule has 1 aromatic rings. The van der Waals surface area contributed by atoms with E-state index in [0.717, 1.165) is 17.7 Å². The lowest BCUT2D eigenvalue weighted by Gasteiger charge is -2.13. The van der Waals surface area contributed by atoms with E-state index in [1.165, 1.54) is 24.3 Å². The second-order valence-electron chi connectivity index (χ2n) is 6.50. The number of hydrogen-bond donors (Lipinski definition) is 1. The first-order valence-corrected chi connectivity index (χ1v) is 11.8. The molecule has 1 saturated heterocycles. The summed E-state index contributed by atoms with van der Waals surface area (Å²) in [6.07, 6.45) is 3.48. The van der Waals surface area contributed by atoms with Gasteiger partial charge in [-0.05, 0) is 30.3 Å². The summed E-state index contributed by atoms with van der Waals surface area (Å²) in [6, 6.07) is 5.88.